The SMILES string of the molecule is CC(C)(C)OC(=O)CCC(CO)NC(=O)C1=CC2OC(c3ccccc3)(c3ccccc3)OC2C(OC(=O)c2ccccc2C=CCc2ccccc2O)C1. The lowest BCUT2D eigenvalue weighted by atomic mass is 9.91. The molecule has 1 heterocycles. The van der Waals surface area contributed by atoms with Crippen molar-refractivity contribution in [2.75, 3.05) is 6.61 Å². The predicted octanol–water partition coefficient (Wildman–Crippen LogP) is 6.79. The van der Waals surface area contributed by atoms with E-state index in [-0.39, 0.29) is 30.6 Å². The third kappa shape index (κ3) is 9.58. The van der Waals surface area contributed by atoms with Gasteiger partial charge in [-0.05, 0) is 62.9 Å². The number of aliphatic hydroxyl groups is 1. The molecule has 6 rings (SSSR count). The number of amides is 1. The van der Waals surface area contributed by atoms with Crippen molar-refractivity contribution in [1.82, 2.24) is 5.32 Å². The lowest BCUT2D eigenvalue weighted by Crippen LogP contribution is -2.45. The van der Waals surface area contributed by atoms with Gasteiger partial charge in [-0.3, -0.25) is 9.59 Å². The number of esters is 2. The first-order valence-electron chi connectivity index (χ1n) is 18.5. The van der Waals surface area contributed by atoms with Gasteiger partial charge in [-0.15, -0.1) is 0 Å². The van der Waals surface area contributed by atoms with Gasteiger partial charge in [-0.25, -0.2) is 4.79 Å². The van der Waals surface area contributed by atoms with Crippen LogP contribution in [-0.2, 0) is 40.7 Å². The van der Waals surface area contributed by atoms with E-state index in [1.165, 1.54) is 0 Å². The van der Waals surface area contributed by atoms with Crippen LogP contribution in [0, 0.1) is 0 Å². The van der Waals surface area contributed by atoms with Crippen LogP contribution in [0.1, 0.15) is 72.6 Å². The molecule has 1 saturated heterocycles. The summed E-state index contributed by atoms with van der Waals surface area (Å²) >= 11 is 0. The number of fused-ring (bicyclic) bond motifs is 1. The molecule has 0 bridgehead atoms. The molecule has 55 heavy (non-hydrogen) atoms. The molecule has 4 unspecified atom stereocenters. The van der Waals surface area contributed by atoms with Gasteiger partial charge in [-0.1, -0.05) is 109 Å². The summed E-state index contributed by atoms with van der Waals surface area (Å²) in [4.78, 5) is 40.3. The molecule has 0 spiro atoms. The molecule has 1 fully saturated rings. The minimum atomic E-state index is -1.38. The Labute approximate surface area is 321 Å². The predicted molar refractivity (Wildman–Crippen MR) is 207 cm³/mol. The zero-order valence-electron chi connectivity index (χ0n) is 31.2. The van der Waals surface area contributed by atoms with Crippen molar-refractivity contribution in [1.29, 1.82) is 0 Å². The normalized spacial score (nSPS) is 19.6. The largest absolute Gasteiger partial charge is 0.508 e. The molecule has 0 aromatic heterocycles. The number of aromatic hydroxyl groups is 1. The van der Waals surface area contributed by atoms with Gasteiger partial charge < -0.3 is 34.5 Å². The monoisotopic (exact) mass is 745 g/mol. The average Bonchev–Trinajstić information content (AvgIpc) is 3.59. The zero-order chi connectivity index (χ0) is 39.0. The number of ether oxygens (including phenoxy) is 4. The highest BCUT2D eigenvalue weighted by atomic mass is 16.8. The summed E-state index contributed by atoms with van der Waals surface area (Å²) in [5.74, 6) is -2.73. The van der Waals surface area contributed by atoms with Gasteiger partial charge in [0, 0.05) is 29.5 Å². The number of hydrogen-bond acceptors (Lipinski definition) is 9. The number of para-hydroxylation sites is 1. The Bertz CT molecular complexity index is 1980. The Balaban J connectivity index is 1.28. The number of carbonyl (C=O) groups is 3. The summed E-state index contributed by atoms with van der Waals surface area (Å²) in [7, 11) is 0. The van der Waals surface area contributed by atoms with Gasteiger partial charge in [0.25, 0.3) is 0 Å². The molecular weight excluding hydrogens is 698 g/mol. The van der Waals surface area contributed by atoms with Crippen LogP contribution < -0.4 is 5.32 Å². The van der Waals surface area contributed by atoms with E-state index in [4.69, 9.17) is 18.9 Å². The van der Waals surface area contributed by atoms with Crippen molar-refractivity contribution in [3.63, 3.8) is 0 Å². The highest BCUT2D eigenvalue weighted by Crippen LogP contribution is 2.47. The molecule has 1 amide bonds. The van der Waals surface area contributed by atoms with Crippen LogP contribution in [0.2, 0.25) is 0 Å². The molecule has 286 valence electrons. The summed E-state index contributed by atoms with van der Waals surface area (Å²) in [6, 6.07) is 32.3. The van der Waals surface area contributed by atoms with E-state index < -0.39 is 60.2 Å². The molecule has 1 aliphatic heterocycles. The third-order valence-corrected chi connectivity index (χ3v) is 9.42. The number of benzene rings is 4. The second kappa shape index (κ2) is 17.3. The summed E-state index contributed by atoms with van der Waals surface area (Å²) in [6.07, 6.45) is 3.41. The number of phenols is 1. The first-order valence-corrected chi connectivity index (χ1v) is 18.5. The van der Waals surface area contributed by atoms with Gasteiger partial charge in [0.15, 0.2) is 0 Å². The van der Waals surface area contributed by atoms with Crippen LogP contribution in [0.5, 0.6) is 5.75 Å². The smallest absolute Gasteiger partial charge is 0.339 e. The summed E-state index contributed by atoms with van der Waals surface area (Å²) in [5, 5.41) is 23.2. The van der Waals surface area contributed by atoms with Gasteiger partial charge in [0.05, 0.1) is 18.2 Å². The first-order chi connectivity index (χ1) is 26.5. The minimum absolute atomic E-state index is 0.000744. The van der Waals surface area contributed by atoms with Gasteiger partial charge in [0.2, 0.25) is 11.7 Å². The average molecular weight is 746 g/mol. The number of hydrogen-bond donors (Lipinski definition) is 3. The van der Waals surface area contributed by atoms with Crippen LogP contribution >= 0.6 is 0 Å². The second-order valence-corrected chi connectivity index (χ2v) is 14.7. The van der Waals surface area contributed by atoms with Crippen molar-refractivity contribution in [2.45, 2.75) is 82.2 Å². The fourth-order valence-electron chi connectivity index (χ4n) is 6.79. The number of aliphatic hydroxyl groups excluding tert-OH is 1. The molecule has 4 aromatic rings. The Morgan fingerprint density at radius 2 is 1.53 bits per heavy atom. The quantitative estimate of drug-likeness (QED) is 0.126. The Morgan fingerprint density at radius 1 is 0.891 bits per heavy atom. The minimum Gasteiger partial charge on any atom is -0.508 e. The zero-order valence-corrected chi connectivity index (χ0v) is 31.2. The fraction of sp³-hybridized carbons (Fsp3) is 0.311. The van der Waals surface area contributed by atoms with Crippen molar-refractivity contribution in [2.24, 2.45) is 0 Å². The van der Waals surface area contributed by atoms with E-state index >= 15 is 0 Å². The van der Waals surface area contributed by atoms with Crippen LogP contribution in [0.25, 0.3) is 6.08 Å². The molecule has 1 aliphatic carbocycles. The molecule has 4 atom stereocenters. The van der Waals surface area contributed by atoms with E-state index in [0.717, 1.165) is 16.7 Å². The molecule has 4 aromatic carbocycles. The molecule has 0 radical (unpaired) electrons. The van der Waals surface area contributed by atoms with E-state index in [0.29, 0.717) is 17.5 Å². The highest BCUT2D eigenvalue weighted by Gasteiger charge is 2.55. The third-order valence-electron chi connectivity index (χ3n) is 9.42. The fourth-order valence-corrected chi connectivity index (χ4v) is 6.79. The standard InChI is InChI=1S/C45H47NO9/c1-44(2,3)54-40(49)26-25-35(29-47)46-42(50)32-27-38(52-43(51)36-23-12-10-15-30(36)17-14-18-31-16-11-13-24-37(31)48)41-39(28-32)53-45(55-41,33-19-6-4-7-20-33)34-21-8-5-9-22-34/h4-17,19-24,28,35,38-39,41,47-48H,18,25-27,29H2,1-3H3,(H,46,50). The van der Waals surface area contributed by atoms with Gasteiger partial charge >= 0.3 is 11.9 Å². The summed E-state index contributed by atoms with van der Waals surface area (Å²) in [6.45, 7) is 4.92. The lowest BCUT2D eigenvalue weighted by molar-refractivity contribution is -0.157. The summed E-state index contributed by atoms with van der Waals surface area (Å²) < 4.78 is 25.3. The maximum atomic E-state index is 14.1. The topological polar surface area (TPSA) is 141 Å². The van der Waals surface area contributed by atoms with Crippen molar-refractivity contribution in [3.05, 3.63) is 155 Å². The van der Waals surface area contributed by atoms with Crippen molar-refractivity contribution in [3.8, 4) is 5.75 Å². The Morgan fingerprint density at radius 3 is 2.18 bits per heavy atom. The van der Waals surface area contributed by atoms with Crippen LogP contribution in [-0.4, -0.2) is 64.6 Å². The van der Waals surface area contributed by atoms with Crippen LogP contribution in [0.15, 0.2) is 127 Å². The second-order valence-electron chi connectivity index (χ2n) is 14.7. The maximum Gasteiger partial charge on any atom is 0.339 e. The molecule has 10 heteroatoms. The maximum absolute atomic E-state index is 14.1. The lowest BCUT2D eigenvalue weighted by Gasteiger charge is -2.31. The number of rotatable bonds is 13. The van der Waals surface area contributed by atoms with Crippen molar-refractivity contribution < 1.29 is 43.5 Å². The number of carbonyl (C=O) groups excluding carboxylic acids is 3. The molecule has 10 nitrogen and oxygen atoms in total. The van der Waals surface area contributed by atoms with E-state index in [2.05, 4.69) is 5.32 Å². The van der Waals surface area contributed by atoms with Gasteiger partial charge in [-0.2, -0.15) is 0 Å². The molecule has 0 saturated carbocycles. The van der Waals surface area contributed by atoms with Crippen LogP contribution in [0.4, 0.5) is 0 Å². The molecular formula is C45H47NO9. The van der Waals surface area contributed by atoms with Crippen LogP contribution in [0.3, 0.4) is 0 Å². The van der Waals surface area contributed by atoms with Gasteiger partial charge in [0.1, 0.15) is 29.7 Å². The number of nitrogens with one attached hydrogen (secondary N) is 1. The van der Waals surface area contributed by atoms with Crippen molar-refractivity contribution >= 4 is 23.9 Å². The first kappa shape index (κ1) is 39.2. The van der Waals surface area contributed by atoms with E-state index in [1.807, 2.05) is 91.0 Å². The summed E-state index contributed by atoms with van der Waals surface area (Å²) in [5.41, 5.74) is 2.75. The molecule has 2 aliphatic rings. The van der Waals surface area contributed by atoms with E-state index in [9.17, 15) is 24.6 Å². The highest BCUT2D eigenvalue weighted by molar-refractivity contribution is 5.95. The Kier molecular flexibility index (Phi) is 12.3. The number of allylic oxidation sites excluding steroid dienone is 1. The molecule has 3 N–H and O–H groups in total. The number of phenolic OH excluding ortho intramolecular Hbond substituents is 1. The van der Waals surface area contributed by atoms with E-state index in [1.54, 1.807) is 57.2 Å². The Hall–Kier alpha value is -5.55.